The van der Waals surface area contributed by atoms with E-state index in [9.17, 15) is 0 Å². The molecule has 4 heteroatoms. The Bertz CT molecular complexity index is 1860. The van der Waals surface area contributed by atoms with Crippen molar-refractivity contribution in [3.63, 3.8) is 0 Å². The number of allylic oxidation sites excluding steroid dienone is 3. The molecule has 9 rings (SSSR count). The van der Waals surface area contributed by atoms with Crippen molar-refractivity contribution >= 4 is 69.0 Å². The van der Waals surface area contributed by atoms with Crippen LogP contribution in [0.2, 0.25) is 0 Å². The Balaban J connectivity index is 1.36. The van der Waals surface area contributed by atoms with Crippen molar-refractivity contribution in [1.82, 2.24) is 0 Å². The lowest BCUT2D eigenvalue weighted by Gasteiger charge is -2.44. The molecule has 2 atom stereocenters. The summed E-state index contributed by atoms with van der Waals surface area (Å²) < 4.78 is 0. The number of anilines is 6. The summed E-state index contributed by atoms with van der Waals surface area (Å²) in [6, 6.07) is 42.5. The minimum atomic E-state index is 0.162. The molecule has 0 saturated carbocycles. The molecule has 1 aliphatic carbocycles. The highest BCUT2D eigenvalue weighted by atomic mass is 32.2. The largest absolute Gasteiger partial charge is 0.311 e. The van der Waals surface area contributed by atoms with Crippen molar-refractivity contribution in [2.75, 3.05) is 9.80 Å². The smallest absolute Gasteiger partial charge is 0.252 e. The molecule has 0 aromatic heterocycles. The zero-order valence-electron chi connectivity index (χ0n) is 21.8. The third-order valence-electron chi connectivity index (χ3n) is 8.77. The summed E-state index contributed by atoms with van der Waals surface area (Å²) >= 11 is 2.01. The highest BCUT2D eigenvalue weighted by molar-refractivity contribution is 8.00. The molecule has 0 radical (unpaired) electrons. The van der Waals surface area contributed by atoms with Crippen LogP contribution in [0.1, 0.15) is 11.5 Å². The van der Waals surface area contributed by atoms with Gasteiger partial charge in [-0.15, -0.1) is 11.8 Å². The Morgan fingerprint density at radius 3 is 1.93 bits per heavy atom. The Kier molecular flexibility index (Phi) is 4.79. The minimum absolute atomic E-state index is 0.162. The zero-order chi connectivity index (χ0) is 26.2. The predicted molar refractivity (Wildman–Crippen MR) is 171 cm³/mol. The molecule has 40 heavy (non-hydrogen) atoms. The minimum Gasteiger partial charge on any atom is -0.311 e. The van der Waals surface area contributed by atoms with Crippen LogP contribution in [0.25, 0.3) is 0 Å². The number of thioether (sulfide) groups is 1. The van der Waals surface area contributed by atoms with Gasteiger partial charge in [0.1, 0.15) is 0 Å². The Hall–Kier alpha value is -4.41. The lowest BCUT2D eigenvalue weighted by Crippen LogP contribution is -2.61. The van der Waals surface area contributed by atoms with Crippen LogP contribution in [0.15, 0.2) is 144 Å². The second-order valence-electron chi connectivity index (χ2n) is 10.9. The second kappa shape index (κ2) is 8.55. The third-order valence-corrected chi connectivity index (χ3v) is 10.1. The topological polar surface area (TPSA) is 6.48 Å². The molecule has 2 nitrogen and oxygen atoms in total. The van der Waals surface area contributed by atoms with Gasteiger partial charge in [0.15, 0.2) is 0 Å². The van der Waals surface area contributed by atoms with Crippen molar-refractivity contribution in [3.05, 3.63) is 145 Å². The van der Waals surface area contributed by atoms with E-state index in [1.54, 1.807) is 0 Å². The van der Waals surface area contributed by atoms with Crippen LogP contribution in [0.5, 0.6) is 0 Å². The van der Waals surface area contributed by atoms with Crippen LogP contribution in [-0.4, -0.2) is 12.0 Å². The van der Waals surface area contributed by atoms with E-state index >= 15 is 0 Å². The molecule has 0 bridgehead atoms. The molecule has 188 valence electrons. The van der Waals surface area contributed by atoms with Gasteiger partial charge in [-0.3, -0.25) is 0 Å². The molecule has 0 fully saturated rings. The van der Waals surface area contributed by atoms with Gasteiger partial charge in [-0.25, -0.2) is 0 Å². The number of benzene rings is 5. The summed E-state index contributed by atoms with van der Waals surface area (Å²) in [5, 5.41) is 0.471. The first-order valence-electron chi connectivity index (χ1n) is 14.0. The number of para-hydroxylation sites is 3. The van der Waals surface area contributed by atoms with Gasteiger partial charge in [-0.05, 0) is 70.5 Å². The molecule has 5 aromatic rings. The highest BCUT2D eigenvalue weighted by Crippen LogP contribution is 2.51. The first-order chi connectivity index (χ1) is 19.9. The molecule has 5 aromatic carbocycles. The molecule has 3 heterocycles. The van der Waals surface area contributed by atoms with E-state index in [4.69, 9.17) is 0 Å². The van der Waals surface area contributed by atoms with E-state index in [-0.39, 0.29) is 6.71 Å². The van der Waals surface area contributed by atoms with Crippen molar-refractivity contribution in [2.45, 2.75) is 16.1 Å². The maximum Gasteiger partial charge on any atom is 0.252 e. The van der Waals surface area contributed by atoms with Crippen LogP contribution in [0, 0.1) is 0 Å². The summed E-state index contributed by atoms with van der Waals surface area (Å²) in [4.78, 5) is 6.35. The molecule has 0 spiro atoms. The SMILES string of the molecule is C1=CC2Sc3cc4c(cc3C2C=C1)B1c2ccccc2N(c2ccccc2)c2cccc(c21)N4c1ccccc1. The van der Waals surface area contributed by atoms with Crippen LogP contribution < -0.4 is 26.2 Å². The molecule has 0 N–H and O–H groups in total. The number of rotatable bonds is 2. The first-order valence-corrected chi connectivity index (χ1v) is 14.9. The van der Waals surface area contributed by atoms with Gasteiger partial charge in [0, 0.05) is 50.2 Å². The second-order valence-corrected chi connectivity index (χ2v) is 12.1. The summed E-state index contributed by atoms with van der Waals surface area (Å²) in [5.41, 5.74) is 13.1. The van der Waals surface area contributed by atoms with E-state index in [2.05, 4.69) is 149 Å². The van der Waals surface area contributed by atoms with E-state index in [0.717, 1.165) is 0 Å². The fourth-order valence-corrected chi connectivity index (χ4v) is 8.49. The molecular weight excluding hydrogens is 503 g/mol. The number of hydrogen-bond acceptors (Lipinski definition) is 3. The van der Waals surface area contributed by atoms with Crippen LogP contribution >= 0.6 is 11.8 Å². The van der Waals surface area contributed by atoms with Gasteiger partial charge in [-0.1, -0.05) is 91.0 Å². The molecule has 2 unspecified atom stereocenters. The summed E-state index contributed by atoms with van der Waals surface area (Å²) in [6.45, 7) is 0.162. The van der Waals surface area contributed by atoms with Crippen molar-refractivity contribution in [2.24, 2.45) is 0 Å². The Morgan fingerprint density at radius 2 is 1.18 bits per heavy atom. The summed E-state index contributed by atoms with van der Waals surface area (Å²) in [6.07, 6.45) is 9.17. The highest BCUT2D eigenvalue weighted by Gasteiger charge is 2.44. The van der Waals surface area contributed by atoms with Gasteiger partial charge in [0.25, 0.3) is 6.71 Å². The Morgan fingerprint density at radius 1 is 0.550 bits per heavy atom. The van der Waals surface area contributed by atoms with Gasteiger partial charge < -0.3 is 9.80 Å². The predicted octanol–water partition coefficient (Wildman–Crippen LogP) is 7.45. The zero-order valence-corrected chi connectivity index (χ0v) is 22.6. The van der Waals surface area contributed by atoms with Gasteiger partial charge >= 0.3 is 0 Å². The lowest BCUT2D eigenvalue weighted by molar-refractivity contribution is 0.882. The van der Waals surface area contributed by atoms with Gasteiger partial charge in [0.05, 0.1) is 0 Å². The standard InChI is InChI=1S/C36H25BN2S/c1-3-12-24(13-4-1)38-30-18-9-8-17-28(30)37-29-22-27-26-16-7-10-21-34(26)40-35(27)23-33(29)39(25-14-5-2-6-15-25)32-20-11-19-31(38)36(32)37/h1-23,26,34H. The Labute approximate surface area is 239 Å². The normalized spacial score (nSPS) is 19.1. The fraction of sp³-hybridized carbons (Fsp3) is 0.0556. The van der Waals surface area contributed by atoms with E-state index < -0.39 is 0 Å². The fourth-order valence-electron chi connectivity index (χ4n) is 7.13. The quantitative estimate of drug-likeness (QED) is 0.215. The monoisotopic (exact) mass is 528 g/mol. The van der Waals surface area contributed by atoms with Crippen molar-refractivity contribution in [3.8, 4) is 0 Å². The number of nitrogens with zero attached hydrogens (tertiary/aromatic N) is 2. The number of fused-ring (bicyclic) bond motifs is 7. The summed E-state index contributed by atoms with van der Waals surface area (Å²) in [5.74, 6) is 0.428. The first kappa shape index (κ1) is 22.4. The van der Waals surface area contributed by atoms with Crippen LogP contribution in [0.4, 0.5) is 34.1 Å². The molecule has 3 aliphatic heterocycles. The molecule has 0 amide bonds. The van der Waals surface area contributed by atoms with E-state index in [1.807, 2.05) is 11.8 Å². The maximum absolute atomic E-state index is 2.54. The average molecular weight is 528 g/mol. The van der Waals surface area contributed by atoms with Crippen LogP contribution in [-0.2, 0) is 0 Å². The molecule has 0 saturated heterocycles. The van der Waals surface area contributed by atoms with Gasteiger partial charge in [0.2, 0.25) is 0 Å². The third kappa shape index (κ3) is 3.08. The lowest BCUT2D eigenvalue weighted by atomic mass is 9.33. The van der Waals surface area contributed by atoms with Crippen molar-refractivity contribution < 1.29 is 0 Å². The summed E-state index contributed by atoms with van der Waals surface area (Å²) in [7, 11) is 0. The molecule has 4 aliphatic rings. The average Bonchev–Trinajstić information content (AvgIpc) is 3.38. The van der Waals surface area contributed by atoms with Gasteiger partial charge in [-0.2, -0.15) is 0 Å². The number of hydrogen-bond donors (Lipinski definition) is 0. The van der Waals surface area contributed by atoms with E-state index in [0.29, 0.717) is 11.2 Å². The van der Waals surface area contributed by atoms with Crippen molar-refractivity contribution in [1.29, 1.82) is 0 Å². The van der Waals surface area contributed by atoms with E-state index in [1.165, 1.54) is 61.0 Å². The molecular formula is C36H25BN2S. The van der Waals surface area contributed by atoms with Crippen LogP contribution in [0.3, 0.4) is 0 Å². The maximum atomic E-state index is 2.54.